The van der Waals surface area contributed by atoms with Crippen molar-refractivity contribution < 1.29 is 0 Å². The van der Waals surface area contributed by atoms with E-state index in [0.717, 1.165) is 11.2 Å². The number of hydrogen-bond acceptors (Lipinski definition) is 2. The number of thioether (sulfide) groups is 2. The Balaban J connectivity index is 1.93. The lowest BCUT2D eigenvalue weighted by Gasteiger charge is -2.34. The van der Waals surface area contributed by atoms with Crippen LogP contribution in [-0.2, 0) is 0 Å². The summed E-state index contributed by atoms with van der Waals surface area (Å²) >= 11 is 4.25. The maximum Gasteiger partial charge on any atom is 0.00914 e. The SMILES string of the molecule is [C]1CSC2CCSCC2C1. The normalized spacial score (nSPS) is 40.8. The summed E-state index contributed by atoms with van der Waals surface area (Å²) in [5, 5.41) is 0.988. The Morgan fingerprint density at radius 2 is 2.40 bits per heavy atom. The maximum atomic E-state index is 3.43. The van der Waals surface area contributed by atoms with Crippen LogP contribution in [-0.4, -0.2) is 22.5 Å². The molecule has 2 aliphatic rings. The van der Waals surface area contributed by atoms with Crippen LogP contribution in [0.2, 0.25) is 0 Å². The van der Waals surface area contributed by atoms with Crippen LogP contribution >= 0.6 is 23.5 Å². The zero-order chi connectivity index (χ0) is 6.81. The highest BCUT2D eigenvalue weighted by Crippen LogP contribution is 2.38. The molecule has 56 valence electrons. The molecule has 0 saturated carbocycles. The van der Waals surface area contributed by atoms with Gasteiger partial charge in [-0.25, -0.2) is 0 Å². The van der Waals surface area contributed by atoms with E-state index in [2.05, 4.69) is 29.9 Å². The molecule has 0 aromatic rings. The molecule has 0 bridgehead atoms. The summed E-state index contributed by atoms with van der Waals surface area (Å²) in [6, 6.07) is 0. The summed E-state index contributed by atoms with van der Waals surface area (Å²) in [6.07, 6.45) is 6.15. The highest BCUT2D eigenvalue weighted by Gasteiger charge is 2.28. The van der Waals surface area contributed by atoms with Crippen LogP contribution < -0.4 is 0 Å². The standard InChI is InChI=1S/C8H12S2/c1-2-7-6-9-5-3-8(7)10-4-1/h7-8H,2-6H2. The van der Waals surface area contributed by atoms with Crippen LogP contribution in [0.3, 0.4) is 0 Å². The van der Waals surface area contributed by atoms with Crippen molar-refractivity contribution in [1.82, 2.24) is 0 Å². The monoisotopic (exact) mass is 172 g/mol. The van der Waals surface area contributed by atoms with E-state index in [1.807, 2.05) is 0 Å². The molecule has 2 saturated heterocycles. The van der Waals surface area contributed by atoms with E-state index in [9.17, 15) is 0 Å². The number of hydrogen-bond donors (Lipinski definition) is 0. The molecule has 2 rings (SSSR count). The second kappa shape index (κ2) is 3.40. The zero-order valence-electron chi connectivity index (χ0n) is 6.01. The first-order valence-corrected chi connectivity index (χ1v) is 6.07. The van der Waals surface area contributed by atoms with Crippen molar-refractivity contribution in [3.8, 4) is 0 Å². The van der Waals surface area contributed by atoms with Gasteiger partial charge in [-0.2, -0.15) is 23.5 Å². The van der Waals surface area contributed by atoms with E-state index in [1.54, 1.807) is 0 Å². The van der Waals surface area contributed by atoms with E-state index in [-0.39, 0.29) is 0 Å². The Labute approximate surface area is 71.5 Å². The molecule has 0 aliphatic carbocycles. The number of fused-ring (bicyclic) bond motifs is 1. The predicted octanol–water partition coefficient (Wildman–Crippen LogP) is 2.33. The third-order valence-electron chi connectivity index (χ3n) is 2.21. The fraction of sp³-hybridized carbons (Fsp3) is 0.875. The maximum absolute atomic E-state index is 3.43. The minimum Gasteiger partial charge on any atom is -0.162 e. The van der Waals surface area contributed by atoms with Gasteiger partial charge in [-0.3, -0.25) is 0 Å². The fourth-order valence-corrected chi connectivity index (χ4v) is 4.31. The minimum absolute atomic E-state index is 0.970. The Bertz CT molecular complexity index is 87.8. The van der Waals surface area contributed by atoms with Gasteiger partial charge >= 0.3 is 0 Å². The van der Waals surface area contributed by atoms with Crippen LogP contribution in [0.15, 0.2) is 0 Å². The largest absolute Gasteiger partial charge is 0.162 e. The number of rotatable bonds is 0. The van der Waals surface area contributed by atoms with E-state index >= 15 is 0 Å². The third kappa shape index (κ3) is 1.48. The molecule has 0 aromatic carbocycles. The lowest BCUT2D eigenvalue weighted by molar-refractivity contribution is 0.522. The first-order valence-electron chi connectivity index (χ1n) is 3.87. The van der Waals surface area contributed by atoms with Gasteiger partial charge in [-0.05, 0) is 36.7 Å². The van der Waals surface area contributed by atoms with Crippen molar-refractivity contribution in [2.24, 2.45) is 5.92 Å². The molecule has 0 aromatic heterocycles. The zero-order valence-corrected chi connectivity index (χ0v) is 7.64. The molecule has 10 heavy (non-hydrogen) atoms. The van der Waals surface area contributed by atoms with Gasteiger partial charge in [0.05, 0.1) is 0 Å². The van der Waals surface area contributed by atoms with Crippen LogP contribution in [0.5, 0.6) is 0 Å². The third-order valence-corrected chi connectivity index (χ3v) is 4.82. The first-order chi connectivity index (χ1) is 4.97. The van der Waals surface area contributed by atoms with Crippen molar-refractivity contribution in [3.63, 3.8) is 0 Å². The summed E-state index contributed by atoms with van der Waals surface area (Å²) in [4.78, 5) is 0. The molecule has 0 N–H and O–H groups in total. The van der Waals surface area contributed by atoms with Crippen molar-refractivity contribution >= 4 is 23.5 Å². The van der Waals surface area contributed by atoms with Gasteiger partial charge in [0, 0.05) is 11.0 Å². The van der Waals surface area contributed by atoms with Gasteiger partial charge in [-0.1, -0.05) is 0 Å². The minimum atomic E-state index is 0.970. The summed E-state index contributed by atoms with van der Waals surface area (Å²) in [7, 11) is 0. The molecule has 2 aliphatic heterocycles. The smallest absolute Gasteiger partial charge is 0.00914 e. The van der Waals surface area contributed by atoms with Gasteiger partial charge < -0.3 is 0 Å². The summed E-state index contributed by atoms with van der Waals surface area (Å²) in [5.74, 6) is 4.95. The average Bonchev–Trinajstić information content (AvgIpc) is 2.05. The Morgan fingerprint density at radius 3 is 3.30 bits per heavy atom. The van der Waals surface area contributed by atoms with Crippen molar-refractivity contribution in [2.45, 2.75) is 18.1 Å². The van der Waals surface area contributed by atoms with Gasteiger partial charge in [0.15, 0.2) is 0 Å². The van der Waals surface area contributed by atoms with Crippen LogP contribution in [0, 0.1) is 12.3 Å². The molecule has 2 heteroatoms. The van der Waals surface area contributed by atoms with Crippen LogP contribution in [0.25, 0.3) is 0 Å². The van der Waals surface area contributed by atoms with Crippen LogP contribution in [0.1, 0.15) is 12.8 Å². The lowest BCUT2D eigenvalue weighted by atomic mass is 9.99. The lowest BCUT2D eigenvalue weighted by Crippen LogP contribution is -2.28. The summed E-state index contributed by atoms with van der Waals surface area (Å²) in [6.45, 7) is 0. The van der Waals surface area contributed by atoms with Crippen molar-refractivity contribution in [1.29, 1.82) is 0 Å². The molecule has 0 amide bonds. The fourth-order valence-electron chi connectivity index (χ4n) is 1.60. The van der Waals surface area contributed by atoms with Crippen molar-refractivity contribution in [3.05, 3.63) is 6.42 Å². The predicted molar refractivity (Wildman–Crippen MR) is 49.5 cm³/mol. The second-order valence-corrected chi connectivity index (χ2v) is 5.30. The quantitative estimate of drug-likeness (QED) is 0.550. The second-order valence-electron chi connectivity index (χ2n) is 2.93. The molecule has 2 heterocycles. The highest BCUT2D eigenvalue weighted by molar-refractivity contribution is 8.01. The Morgan fingerprint density at radius 1 is 1.40 bits per heavy atom. The van der Waals surface area contributed by atoms with Gasteiger partial charge in [-0.15, -0.1) is 0 Å². The van der Waals surface area contributed by atoms with Crippen molar-refractivity contribution in [2.75, 3.05) is 17.3 Å². The molecule has 0 nitrogen and oxygen atoms in total. The molecular weight excluding hydrogens is 160 g/mol. The topological polar surface area (TPSA) is 0 Å². The first kappa shape index (κ1) is 7.35. The van der Waals surface area contributed by atoms with Crippen LogP contribution in [0.4, 0.5) is 0 Å². The highest BCUT2D eigenvalue weighted by atomic mass is 32.2. The Kier molecular flexibility index (Phi) is 2.50. The van der Waals surface area contributed by atoms with Gasteiger partial charge in [0.25, 0.3) is 0 Å². The summed E-state index contributed by atoms with van der Waals surface area (Å²) in [5.41, 5.74) is 0. The molecule has 0 spiro atoms. The molecule has 2 atom stereocenters. The molecule has 2 unspecified atom stereocenters. The van der Waals surface area contributed by atoms with E-state index in [4.69, 9.17) is 0 Å². The summed E-state index contributed by atoms with van der Waals surface area (Å²) < 4.78 is 0. The average molecular weight is 172 g/mol. The molecule has 2 radical (unpaired) electrons. The van der Waals surface area contributed by atoms with E-state index < -0.39 is 0 Å². The van der Waals surface area contributed by atoms with E-state index in [0.29, 0.717) is 0 Å². The van der Waals surface area contributed by atoms with Gasteiger partial charge in [0.1, 0.15) is 0 Å². The molecule has 2 fully saturated rings. The van der Waals surface area contributed by atoms with E-state index in [1.165, 1.54) is 30.1 Å². The van der Waals surface area contributed by atoms with Gasteiger partial charge in [0.2, 0.25) is 0 Å². The Hall–Kier alpha value is 0.700. The molecular formula is C8H12S2.